The molecular weight excluding hydrogens is 341 g/mol. The summed E-state index contributed by atoms with van der Waals surface area (Å²) in [5.41, 5.74) is 0.364. The summed E-state index contributed by atoms with van der Waals surface area (Å²) in [6.07, 6.45) is 1.30. The van der Waals surface area contributed by atoms with Gasteiger partial charge in [0.05, 0.1) is 11.2 Å². The molecule has 1 N–H and O–H groups in total. The lowest BCUT2D eigenvalue weighted by Gasteiger charge is -2.11. The van der Waals surface area contributed by atoms with Gasteiger partial charge in [-0.05, 0) is 30.3 Å². The van der Waals surface area contributed by atoms with E-state index in [0.717, 1.165) is 0 Å². The van der Waals surface area contributed by atoms with E-state index in [9.17, 15) is 4.79 Å². The second-order valence-electron chi connectivity index (χ2n) is 4.50. The molecule has 8 heteroatoms. The topological polar surface area (TPSA) is 77.2 Å². The van der Waals surface area contributed by atoms with Crippen LogP contribution in [0.2, 0.25) is 10.0 Å². The third-order valence-corrected chi connectivity index (χ3v) is 3.47. The molecule has 0 bridgehead atoms. The predicted molar refractivity (Wildman–Crippen MR) is 84.9 cm³/mol. The summed E-state index contributed by atoms with van der Waals surface area (Å²) in [5.74, 6) is -0.295. The maximum Gasteiger partial charge on any atom is 0.358 e. The van der Waals surface area contributed by atoms with Crippen molar-refractivity contribution in [2.24, 2.45) is 0 Å². The third-order valence-electron chi connectivity index (χ3n) is 2.94. The minimum atomic E-state index is -1.16. The van der Waals surface area contributed by atoms with Crippen molar-refractivity contribution in [2.45, 2.75) is 0 Å². The van der Waals surface area contributed by atoms with Crippen LogP contribution >= 0.6 is 23.2 Å². The van der Waals surface area contributed by atoms with E-state index < -0.39 is 5.97 Å². The zero-order chi connectivity index (χ0) is 16.4. The number of carboxylic acids is 1. The predicted octanol–water partition coefficient (Wildman–Crippen LogP) is 4.06. The molecule has 0 spiro atoms. The first-order valence-electron chi connectivity index (χ1n) is 6.42. The number of hydrogen-bond acceptors (Lipinski definition) is 4. The van der Waals surface area contributed by atoms with Crippen molar-refractivity contribution < 1.29 is 14.6 Å². The summed E-state index contributed by atoms with van der Waals surface area (Å²) in [5, 5.41) is 17.2. The van der Waals surface area contributed by atoms with Crippen molar-refractivity contribution in [2.75, 3.05) is 0 Å². The number of aromatic nitrogens is 3. The van der Waals surface area contributed by atoms with Crippen LogP contribution in [0.1, 0.15) is 10.5 Å². The second-order valence-corrected chi connectivity index (χ2v) is 5.34. The molecule has 0 atom stereocenters. The van der Waals surface area contributed by atoms with Gasteiger partial charge in [0.25, 0.3) is 0 Å². The Kier molecular flexibility index (Phi) is 4.18. The van der Waals surface area contributed by atoms with Gasteiger partial charge >= 0.3 is 5.97 Å². The summed E-state index contributed by atoms with van der Waals surface area (Å²) in [4.78, 5) is 10.9. The van der Waals surface area contributed by atoms with Gasteiger partial charge in [0.15, 0.2) is 11.4 Å². The molecule has 0 saturated carbocycles. The van der Waals surface area contributed by atoms with Gasteiger partial charge in [0.1, 0.15) is 11.4 Å². The fourth-order valence-corrected chi connectivity index (χ4v) is 2.34. The Bertz CT molecular complexity index is 880. The first-order valence-corrected chi connectivity index (χ1v) is 7.18. The molecule has 0 aliphatic heterocycles. The first kappa shape index (κ1) is 15.3. The fourth-order valence-electron chi connectivity index (χ4n) is 1.89. The highest BCUT2D eigenvalue weighted by atomic mass is 35.5. The summed E-state index contributed by atoms with van der Waals surface area (Å²) in [7, 11) is 0. The average Bonchev–Trinajstić information content (AvgIpc) is 3.00. The smallest absolute Gasteiger partial charge is 0.358 e. The van der Waals surface area contributed by atoms with Crippen LogP contribution in [0.25, 0.3) is 5.69 Å². The highest BCUT2D eigenvalue weighted by molar-refractivity contribution is 6.35. The number of para-hydroxylation sites is 2. The zero-order valence-corrected chi connectivity index (χ0v) is 13.0. The maximum absolute atomic E-state index is 10.9. The molecule has 1 aromatic heterocycles. The number of nitrogens with zero attached hydrogens (tertiary/aromatic N) is 3. The second kappa shape index (κ2) is 6.28. The van der Waals surface area contributed by atoms with Crippen LogP contribution in [-0.2, 0) is 0 Å². The van der Waals surface area contributed by atoms with Crippen LogP contribution in [0.3, 0.4) is 0 Å². The van der Waals surface area contributed by atoms with Crippen LogP contribution in [0.15, 0.2) is 48.7 Å². The Hall–Kier alpha value is -2.57. The number of halogens is 2. The Morgan fingerprint density at radius 3 is 2.61 bits per heavy atom. The van der Waals surface area contributed by atoms with E-state index >= 15 is 0 Å². The number of rotatable bonds is 4. The van der Waals surface area contributed by atoms with E-state index in [4.69, 9.17) is 33.0 Å². The van der Waals surface area contributed by atoms with Crippen molar-refractivity contribution in [3.05, 3.63) is 64.4 Å². The van der Waals surface area contributed by atoms with E-state index in [1.807, 2.05) is 0 Å². The molecule has 2 aromatic carbocycles. The van der Waals surface area contributed by atoms with Gasteiger partial charge in [-0.2, -0.15) is 0 Å². The number of hydrogen-bond donors (Lipinski definition) is 1. The maximum atomic E-state index is 10.9. The van der Waals surface area contributed by atoms with Crippen molar-refractivity contribution in [3.8, 4) is 17.2 Å². The lowest BCUT2D eigenvalue weighted by Crippen LogP contribution is -1.99. The minimum absolute atomic E-state index is 0.163. The van der Waals surface area contributed by atoms with Crippen LogP contribution < -0.4 is 4.74 Å². The van der Waals surface area contributed by atoms with Crippen molar-refractivity contribution in [3.63, 3.8) is 0 Å². The Balaban J connectivity index is 1.98. The molecule has 6 nitrogen and oxygen atoms in total. The van der Waals surface area contributed by atoms with Gasteiger partial charge in [-0.3, -0.25) is 0 Å². The van der Waals surface area contributed by atoms with E-state index in [2.05, 4.69) is 10.3 Å². The fraction of sp³-hybridized carbons (Fsp3) is 0. The number of benzene rings is 2. The minimum Gasteiger partial charge on any atom is -0.476 e. The standard InChI is InChI=1S/C15H9Cl2N3O3/c16-9-5-6-13(10(17)7-9)23-14-4-2-1-3-12(14)20-8-11(15(21)22)18-19-20/h1-8H,(H,21,22). The van der Waals surface area contributed by atoms with Crippen molar-refractivity contribution in [1.82, 2.24) is 15.0 Å². The summed E-state index contributed by atoms with van der Waals surface area (Å²) < 4.78 is 7.11. The van der Waals surface area contributed by atoms with Crippen molar-refractivity contribution >= 4 is 29.2 Å². The number of ether oxygens (including phenoxy) is 1. The molecule has 0 aliphatic carbocycles. The van der Waals surface area contributed by atoms with E-state index in [0.29, 0.717) is 27.2 Å². The molecule has 0 aliphatic rings. The molecule has 3 aromatic rings. The lowest BCUT2D eigenvalue weighted by molar-refractivity contribution is 0.0690. The molecule has 0 unspecified atom stereocenters. The molecule has 23 heavy (non-hydrogen) atoms. The van der Waals surface area contributed by atoms with E-state index in [1.165, 1.54) is 10.9 Å². The highest BCUT2D eigenvalue weighted by Gasteiger charge is 2.13. The molecule has 0 fully saturated rings. The quantitative estimate of drug-likeness (QED) is 0.768. The van der Waals surface area contributed by atoms with Crippen LogP contribution in [0.5, 0.6) is 11.5 Å². The van der Waals surface area contributed by atoms with Gasteiger partial charge in [-0.25, -0.2) is 9.48 Å². The zero-order valence-electron chi connectivity index (χ0n) is 11.5. The van der Waals surface area contributed by atoms with Crippen LogP contribution in [-0.4, -0.2) is 26.1 Å². The van der Waals surface area contributed by atoms with Crippen LogP contribution in [0.4, 0.5) is 0 Å². The third kappa shape index (κ3) is 3.28. The molecule has 0 radical (unpaired) electrons. The van der Waals surface area contributed by atoms with Crippen LogP contribution in [0, 0.1) is 0 Å². The number of aromatic carboxylic acids is 1. The van der Waals surface area contributed by atoms with Crippen molar-refractivity contribution in [1.29, 1.82) is 0 Å². The lowest BCUT2D eigenvalue weighted by atomic mass is 10.3. The van der Waals surface area contributed by atoms with Gasteiger partial charge in [0, 0.05) is 5.02 Å². The summed E-state index contributed by atoms with van der Waals surface area (Å²) >= 11 is 12.0. The first-order chi connectivity index (χ1) is 11.0. The Morgan fingerprint density at radius 1 is 1.13 bits per heavy atom. The molecular formula is C15H9Cl2N3O3. The summed E-state index contributed by atoms with van der Waals surface area (Å²) in [6.45, 7) is 0. The van der Waals surface area contributed by atoms with Gasteiger partial charge < -0.3 is 9.84 Å². The molecule has 3 rings (SSSR count). The Labute approximate surface area is 140 Å². The molecule has 116 valence electrons. The average molecular weight is 350 g/mol. The van der Waals surface area contributed by atoms with Gasteiger partial charge in [0.2, 0.25) is 0 Å². The Morgan fingerprint density at radius 2 is 1.91 bits per heavy atom. The summed E-state index contributed by atoms with van der Waals surface area (Å²) in [6, 6.07) is 11.8. The van der Waals surface area contributed by atoms with E-state index in [1.54, 1.807) is 42.5 Å². The molecule has 1 heterocycles. The molecule has 0 amide bonds. The highest BCUT2D eigenvalue weighted by Crippen LogP contribution is 2.34. The normalized spacial score (nSPS) is 10.5. The molecule has 0 saturated heterocycles. The van der Waals surface area contributed by atoms with Gasteiger partial charge in [-0.15, -0.1) is 5.10 Å². The number of carbonyl (C=O) groups is 1. The SMILES string of the molecule is O=C(O)c1cn(-c2ccccc2Oc2ccc(Cl)cc2Cl)nn1. The largest absolute Gasteiger partial charge is 0.476 e. The van der Waals surface area contributed by atoms with E-state index in [-0.39, 0.29) is 5.69 Å². The van der Waals surface area contributed by atoms with Gasteiger partial charge in [-0.1, -0.05) is 40.5 Å². The monoisotopic (exact) mass is 349 g/mol. The number of carboxylic acid groups (broad SMARTS) is 1.